The maximum atomic E-state index is 12.9. The Hall–Kier alpha value is -2.33. The monoisotopic (exact) mass is 331 g/mol. The first-order valence-electron chi connectivity index (χ1n) is 6.92. The van der Waals surface area contributed by atoms with Crippen molar-refractivity contribution in [3.05, 3.63) is 65.4 Å². The van der Waals surface area contributed by atoms with Crippen LogP contribution in [-0.2, 0) is 6.18 Å². The van der Waals surface area contributed by atoms with Crippen LogP contribution in [0.4, 0.5) is 13.2 Å². The molecular weight excluding hydrogens is 323 g/mol. The Morgan fingerprint density at radius 3 is 2.13 bits per heavy atom. The summed E-state index contributed by atoms with van der Waals surface area (Å²) >= 11 is 6.11. The number of hydrogen-bond donors (Lipinski definition) is 0. The predicted octanol–water partition coefficient (Wildman–Crippen LogP) is 6.21. The molecule has 4 rings (SSSR count). The first-order chi connectivity index (χ1) is 10.9. The van der Waals surface area contributed by atoms with Crippen LogP contribution in [0.15, 0.2) is 54.7 Å². The number of aromatic nitrogens is 1. The van der Waals surface area contributed by atoms with Crippen LogP contribution in [0, 0.1) is 0 Å². The second kappa shape index (κ2) is 4.83. The molecule has 0 unspecified atom stereocenters. The lowest BCUT2D eigenvalue weighted by molar-refractivity contribution is -0.137. The van der Waals surface area contributed by atoms with Gasteiger partial charge in [-0.1, -0.05) is 41.9 Å². The Kier molecular flexibility index (Phi) is 3.00. The highest BCUT2D eigenvalue weighted by molar-refractivity contribution is 6.35. The summed E-state index contributed by atoms with van der Waals surface area (Å²) in [4.78, 5) is 4.06. The summed E-state index contributed by atoms with van der Waals surface area (Å²) in [5.74, 6) is 0. The van der Waals surface area contributed by atoms with E-state index in [4.69, 9.17) is 11.6 Å². The molecule has 4 aromatic rings. The van der Waals surface area contributed by atoms with Gasteiger partial charge >= 0.3 is 6.18 Å². The zero-order valence-corrected chi connectivity index (χ0v) is 12.4. The largest absolute Gasteiger partial charge is 0.416 e. The van der Waals surface area contributed by atoms with Crippen LogP contribution in [-0.4, -0.2) is 4.98 Å². The summed E-state index contributed by atoms with van der Waals surface area (Å²) in [6, 6.07) is 12.9. The molecule has 0 aliphatic heterocycles. The molecule has 5 heteroatoms. The number of alkyl halides is 3. The Morgan fingerprint density at radius 1 is 0.739 bits per heavy atom. The number of rotatable bonds is 0. The third-order valence-electron chi connectivity index (χ3n) is 4.04. The van der Waals surface area contributed by atoms with Crippen molar-refractivity contribution in [2.24, 2.45) is 0 Å². The summed E-state index contributed by atoms with van der Waals surface area (Å²) in [6.07, 6.45) is -2.72. The van der Waals surface area contributed by atoms with E-state index in [0.29, 0.717) is 10.5 Å². The average Bonchev–Trinajstić information content (AvgIpc) is 2.53. The molecule has 1 nitrogen and oxygen atoms in total. The molecule has 0 fully saturated rings. The van der Waals surface area contributed by atoms with Gasteiger partial charge in [-0.15, -0.1) is 0 Å². The number of hydrogen-bond acceptors (Lipinski definition) is 1. The van der Waals surface area contributed by atoms with E-state index in [2.05, 4.69) is 4.98 Å². The van der Waals surface area contributed by atoms with Crippen LogP contribution in [0.2, 0.25) is 5.15 Å². The predicted molar refractivity (Wildman–Crippen MR) is 86.8 cm³/mol. The van der Waals surface area contributed by atoms with Gasteiger partial charge in [0.05, 0.1) is 5.56 Å². The molecule has 0 amide bonds. The summed E-state index contributed by atoms with van der Waals surface area (Å²) in [6.45, 7) is 0. The van der Waals surface area contributed by atoms with Gasteiger partial charge in [-0.2, -0.15) is 13.2 Å². The lowest BCUT2D eigenvalue weighted by atomic mass is 9.97. The number of halogens is 4. The molecule has 0 atom stereocenters. The number of pyridine rings is 1. The Bertz CT molecular complexity index is 1070. The van der Waals surface area contributed by atoms with Crippen LogP contribution < -0.4 is 0 Å². The van der Waals surface area contributed by atoms with E-state index in [-0.39, 0.29) is 0 Å². The van der Waals surface area contributed by atoms with Gasteiger partial charge in [0, 0.05) is 11.6 Å². The second-order valence-electron chi connectivity index (χ2n) is 5.36. The van der Waals surface area contributed by atoms with Crippen molar-refractivity contribution >= 4 is 43.9 Å². The fourth-order valence-electron chi connectivity index (χ4n) is 2.95. The molecule has 0 aliphatic carbocycles. The summed E-state index contributed by atoms with van der Waals surface area (Å²) < 4.78 is 38.6. The molecular formula is C18H9ClF3N. The molecule has 0 saturated heterocycles. The minimum atomic E-state index is -4.34. The first-order valence-corrected chi connectivity index (χ1v) is 7.30. The molecule has 0 bridgehead atoms. The van der Waals surface area contributed by atoms with Crippen LogP contribution in [0.25, 0.3) is 32.3 Å². The number of nitrogens with zero attached hydrogens (tertiary/aromatic N) is 1. The Labute approximate surface area is 134 Å². The van der Waals surface area contributed by atoms with Crippen LogP contribution in [0.3, 0.4) is 0 Å². The highest BCUT2D eigenvalue weighted by Gasteiger charge is 2.30. The quantitative estimate of drug-likeness (QED) is 0.275. The molecule has 0 saturated carbocycles. The number of benzene rings is 3. The van der Waals surface area contributed by atoms with Gasteiger partial charge in [-0.25, -0.2) is 4.98 Å². The zero-order chi connectivity index (χ0) is 16.2. The normalized spacial score (nSPS) is 12.3. The Morgan fingerprint density at radius 2 is 1.35 bits per heavy atom. The lowest BCUT2D eigenvalue weighted by Gasteiger charge is -2.11. The molecule has 0 radical (unpaired) electrons. The lowest BCUT2D eigenvalue weighted by Crippen LogP contribution is -2.04. The minimum absolute atomic E-state index is 0.414. The molecule has 0 spiro atoms. The SMILES string of the molecule is FC(F)(F)c1ccc2c(ccc3c4ccnc(Cl)c4ccc23)c1. The van der Waals surface area contributed by atoms with E-state index < -0.39 is 11.7 Å². The summed E-state index contributed by atoms with van der Waals surface area (Å²) in [5, 5.41) is 5.36. The smallest absolute Gasteiger partial charge is 0.244 e. The van der Waals surface area contributed by atoms with Crippen molar-refractivity contribution in [3.8, 4) is 0 Å². The van der Waals surface area contributed by atoms with E-state index in [1.54, 1.807) is 12.3 Å². The summed E-state index contributed by atoms with van der Waals surface area (Å²) in [7, 11) is 0. The van der Waals surface area contributed by atoms with E-state index in [9.17, 15) is 13.2 Å². The van der Waals surface area contributed by atoms with E-state index in [1.165, 1.54) is 12.1 Å². The average molecular weight is 332 g/mol. The molecule has 1 heterocycles. The fourth-order valence-corrected chi connectivity index (χ4v) is 3.17. The molecule has 3 aromatic carbocycles. The molecule has 0 aliphatic rings. The van der Waals surface area contributed by atoms with Crippen molar-refractivity contribution in [2.75, 3.05) is 0 Å². The molecule has 114 valence electrons. The fraction of sp³-hybridized carbons (Fsp3) is 0.0556. The maximum absolute atomic E-state index is 12.9. The number of fused-ring (bicyclic) bond motifs is 5. The third kappa shape index (κ3) is 2.21. The first kappa shape index (κ1) is 14.3. The van der Waals surface area contributed by atoms with Gasteiger partial charge in [-0.3, -0.25) is 0 Å². The van der Waals surface area contributed by atoms with Crippen molar-refractivity contribution in [1.82, 2.24) is 4.98 Å². The van der Waals surface area contributed by atoms with Crippen molar-refractivity contribution < 1.29 is 13.2 Å². The maximum Gasteiger partial charge on any atom is 0.416 e. The van der Waals surface area contributed by atoms with Gasteiger partial charge in [0.25, 0.3) is 0 Å². The highest BCUT2D eigenvalue weighted by Crippen LogP contribution is 2.36. The van der Waals surface area contributed by atoms with Crippen molar-refractivity contribution in [1.29, 1.82) is 0 Å². The minimum Gasteiger partial charge on any atom is -0.244 e. The Balaban J connectivity index is 2.10. The van der Waals surface area contributed by atoms with E-state index in [1.807, 2.05) is 24.3 Å². The van der Waals surface area contributed by atoms with Crippen LogP contribution >= 0.6 is 11.6 Å². The standard InChI is InChI=1S/C18H9ClF3N/c19-17-16-6-5-13-12-4-2-11(18(20,21)22)9-10(12)1-3-14(13)15(16)7-8-23-17/h1-9H. The van der Waals surface area contributed by atoms with E-state index in [0.717, 1.165) is 33.0 Å². The van der Waals surface area contributed by atoms with Crippen LogP contribution in [0.1, 0.15) is 5.56 Å². The van der Waals surface area contributed by atoms with Gasteiger partial charge in [0.15, 0.2) is 0 Å². The van der Waals surface area contributed by atoms with Crippen molar-refractivity contribution in [3.63, 3.8) is 0 Å². The van der Waals surface area contributed by atoms with E-state index >= 15 is 0 Å². The van der Waals surface area contributed by atoms with Gasteiger partial charge in [-0.05, 0) is 45.1 Å². The third-order valence-corrected chi connectivity index (χ3v) is 4.34. The molecule has 0 N–H and O–H groups in total. The zero-order valence-electron chi connectivity index (χ0n) is 11.7. The van der Waals surface area contributed by atoms with Crippen LogP contribution in [0.5, 0.6) is 0 Å². The van der Waals surface area contributed by atoms with Gasteiger partial charge < -0.3 is 0 Å². The van der Waals surface area contributed by atoms with Gasteiger partial charge in [0.2, 0.25) is 0 Å². The highest BCUT2D eigenvalue weighted by atomic mass is 35.5. The van der Waals surface area contributed by atoms with Crippen molar-refractivity contribution in [2.45, 2.75) is 6.18 Å². The molecule has 1 aromatic heterocycles. The molecule has 23 heavy (non-hydrogen) atoms. The second-order valence-corrected chi connectivity index (χ2v) is 5.71. The summed E-state index contributed by atoms with van der Waals surface area (Å²) in [5.41, 5.74) is -0.641. The topological polar surface area (TPSA) is 12.9 Å². The van der Waals surface area contributed by atoms with Gasteiger partial charge in [0.1, 0.15) is 5.15 Å².